The number of nitro groups is 1. The van der Waals surface area contributed by atoms with E-state index in [0.717, 1.165) is 51.3 Å². The van der Waals surface area contributed by atoms with Gasteiger partial charge in [0.05, 0.1) is 4.92 Å². The first kappa shape index (κ1) is 20.2. The molecule has 0 radical (unpaired) electrons. The predicted octanol–water partition coefficient (Wildman–Crippen LogP) is 3.56. The smallest absolute Gasteiger partial charge is 0.293 e. The van der Waals surface area contributed by atoms with Gasteiger partial charge in [-0.3, -0.25) is 14.9 Å². The summed E-state index contributed by atoms with van der Waals surface area (Å²) < 4.78 is 0. The van der Waals surface area contributed by atoms with Gasteiger partial charge >= 0.3 is 0 Å². The van der Waals surface area contributed by atoms with Crippen LogP contribution in [0.3, 0.4) is 0 Å². The summed E-state index contributed by atoms with van der Waals surface area (Å²) in [4.78, 5) is 28.3. The molecule has 1 saturated heterocycles. The molecule has 1 amide bonds. The van der Waals surface area contributed by atoms with Gasteiger partial charge in [-0.15, -0.1) is 0 Å². The Kier molecular flexibility index (Phi) is 5.85. The summed E-state index contributed by atoms with van der Waals surface area (Å²) in [6, 6.07) is 12.6. The second-order valence-electron chi connectivity index (χ2n) is 7.83. The summed E-state index contributed by atoms with van der Waals surface area (Å²) in [5, 5.41) is 17.4. The maximum Gasteiger partial charge on any atom is 0.293 e. The van der Waals surface area contributed by atoms with Gasteiger partial charge in [0.25, 0.3) is 11.6 Å². The zero-order valence-electron chi connectivity index (χ0n) is 17.1. The fourth-order valence-electron chi connectivity index (χ4n) is 3.67. The van der Waals surface area contributed by atoms with Gasteiger partial charge in [0.15, 0.2) is 0 Å². The topological polar surface area (TPSA) is 90.8 Å². The van der Waals surface area contributed by atoms with E-state index in [4.69, 9.17) is 0 Å². The Labute approximate surface area is 176 Å². The molecule has 2 aromatic carbocycles. The minimum absolute atomic E-state index is 0.0730. The standard InChI is InChI=1S/C22H27N5O3/c1-2-25-11-13-26(14-12-25)19-8-6-18(7-9-19)24-22(28)16-3-10-20(23-17-4-5-17)21(15-16)27(29)30/h3,6-10,15,17,23H,2,4-5,11-14H2,1H3,(H,24,28). The minimum atomic E-state index is -0.450. The van der Waals surface area contributed by atoms with Crippen LogP contribution in [-0.2, 0) is 0 Å². The van der Waals surface area contributed by atoms with Crippen LogP contribution in [0, 0.1) is 10.1 Å². The molecule has 2 aliphatic rings. The van der Waals surface area contributed by atoms with Gasteiger partial charge in [-0.05, 0) is 55.8 Å². The van der Waals surface area contributed by atoms with Gasteiger partial charge in [0.1, 0.15) is 5.69 Å². The summed E-state index contributed by atoms with van der Waals surface area (Å²) in [6.07, 6.45) is 2.04. The number of likely N-dealkylation sites (N-methyl/N-ethyl adjacent to an activating group) is 1. The van der Waals surface area contributed by atoms with Crippen LogP contribution in [-0.4, -0.2) is 54.5 Å². The number of hydrogen-bond acceptors (Lipinski definition) is 6. The van der Waals surface area contributed by atoms with E-state index in [1.54, 1.807) is 12.1 Å². The fraction of sp³-hybridized carbons (Fsp3) is 0.409. The lowest BCUT2D eigenvalue weighted by atomic mass is 10.1. The van der Waals surface area contributed by atoms with Crippen molar-refractivity contribution in [1.82, 2.24) is 4.90 Å². The Hall–Kier alpha value is -3.13. The number of piperazine rings is 1. The molecule has 1 saturated carbocycles. The number of carbonyl (C=O) groups excluding carboxylic acids is 1. The molecule has 158 valence electrons. The summed E-state index contributed by atoms with van der Waals surface area (Å²) in [5.74, 6) is -0.361. The Balaban J connectivity index is 1.41. The summed E-state index contributed by atoms with van der Waals surface area (Å²) in [5.41, 5.74) is 2.46. The van der Waals surface area contributed by atoms with Gasteiger partial charge in [-0.25, -0.2) is 0 Å². The molecule has 8 heteroatoms. The van der Waals surface area contributed by atoms with Crippen LogP contribution in [0.1, 0.15) is 30.1 Å². The molecule has 30 heavy (non-hydrogen) atoms. The normalized spacial score (nSPS) is 16.9. The van der Waals surface area contributed by atoms with Crippen LogP contribution in [0.5, 0.6) is 0 Å². The van der Waals surface area contributed by atoms with Gasteiger partial charge in [0.2, 0.25) is 0 Å². The van der Waals surface area contributed by atoms with Crippen molar-refractivity contribution in [1.29, 1.82) is 0 Å². The lowest BCUT2D eigenvalue weighted by Gasteiger charge is -2.35. The van der Waals surface area contributed by atoms with Crippen molar-refractivity contribution in [3.63, 3.8) is 0 Å². The first-order valence-corrected chi connectivity index (χ1v) is 10.5. The number of nitro benzene ring substituents is 1. The average Bonchev–Trinajstić information content (AvgIpc) is 3.58. The molecule has 4 rings (SSSR count). The number of nitrogens with zero attached hydrogens (tertiary/aromatic N) is 3. The van der Waals surface area contributed by atoms with E-state index in [0.29, 0.717) is 17.4 Å². The second-order valence-corrected chi connectivity index (χ2v) is 7.83. The van der Waals surface area contributed by atoms with Crippen molar-refractivity contribution in [3.8, 4) is 0 Å². The summed E-state index contributed by atoms with van der Waals surface area (Å²) in [7, 11) is 0. The molecule has 0 unspecified atom stereocenters. The monoisotopic (exact) mass is 409 g/mol. The summed E-state index contributed by atoms with van der Waals surface area (Å²) in [6.45, 7) is 7.35. The van der Waals surface area contributed by atoms with Gasteiger partial charge < -0.3 is 20.4 Å². The fourth-order valence-corrected chi connectivity index (χ4v) is 3.67. The quantitative estimate of drug-likeness (QED) is 0.537. The van der Waals surface area contributed by atoms with Crippen LogP contribution in [0.25, 0.3) is 0 Å². The minimum Gasteiger partial charge on any atom is -0.377 e. The molecule has 1 aliphatic heterocycles. The second kappa shape index (κ2) is 8.71. The zero-order chi connectivity index (χ0) is 21.1. The number of amides is 1. The maximum absolute atomic E-state index is 12.6. The highest BCUT2D eigenvalue weighted by Gasteiger charge is 2.25. The number of nitrogens with one attached hydrogen (secondary N) is 2. The highest BCUT2D eigenvalue weighted by molar-refractivity contribution is 6.05. The predicted molar refractivity (Wildman–Crippen MR) is 118 cm³/mol. The Bertz CT molecular complexity index is 919. The molecule has 0 aromatic heterocycles. The third-order valence-electron chi connectivity index (χ3n) is 5.70. The number of hydrogen-bond donors (Lipinski definition) is 2. The first-order chi connectivity index (χ1) is 14.5. The molecule has 0 bridgehead atoms. The third kappa shape index (κ3) is 4.71. The van der Waals surface area contributed by atoms with Crippen LogP contribution in [0.4, 0.5) is 22.7 Å². The third-order valence-corrected chi connectivity index (χ3v) is 5.70. The van der Waals surface area contributed by atoms with E-state index in [9.17, 15) is 14.9 Å². The van der Waals surface area contributed by atoms with Crippen LogP contribution >= 0.6 is 0 Å². The molecule has 1 aliphatic carbocycles. The molecular formula is C22H27N5O3. The lowest BCUT2D eigenvalue weighted by molar-refractivity contribution is -0.384. The van der Waals surface area contributed by atoms with E-state index < -0.39 is 4.92 Å². The Morgan fingerprint density at radius 1 is 1.10 bits per heavy atom. The maximum atomic E-state index is 12.6. The van der Waals surface area contributed by atoms with Crippen molar-refractivity contribution in [2.75, 3.05) is 48.3 Å². The Morgan fingerprint density at radius 3 is 2.40 bits per heavy atom. The van der Waals surface area contributed by atoms with E-state index in [2.05, 4.69) is 27.4 Å². The number of anilines is 3. The van der Waals surface area contributed by atoms with Gasteiger partial charge in [0, 0.05) is 55.2 Å². The highest BCUT2D eigenvalue weighted by Crippen LogP contribution is 2.31. The molecule has 8 nitrogen and oxygen atoms in total. The average molecular weight is 409 g/mol. The van der Waals surface area contributed by atoms with Crippen LogP contribution in [0.2, 0.25) is 0 Å². The Morgan fingerprint density at radius 2 is 1.80 bits per heavy atom. The largest absolute Gasteiger partial charge is 0.377 e. The summed E-state index contributed by atoms with van der Waals surface area (Å²) >= 11 is 0. The molecule has 2 N–H and O–H groups in total. The van der Waals surface area contributed by atoms with Gasteiger partial charge in [-0.2, -0.15) is 0 Å². The number of benzene rings is 2. The van der Waals surface area contributed by atoms with E-state index in [1.807, 2.05) is 24.3 Å². The molecule has 2 aromatic rings. The van der Waals surface area contributed by atoms with Crippen molar-refractivity contribution in [2.45, 2.75) is 25.8 Å². The van der Waals surface area contributed by atoms with E-state index in [-0.39, 0.29) is 17.2 Å². The van der Waals surface area contributed by atoms with E-state index in [1.165, 1.54) is 6.07 Å². The van der Waals surface area contributed by atoms with Gasteiger partial charge in [-0.1, -0.05) is 6.92 Å². The number of carbonyl (C=O) groups is 1. The molecule has 1 heterocycles. The van der Waals surface area contributed by atoms with Crippen LogP contribution < -0.4 is 15.5 Å². The van der Waals surface area contributed by atoms with Crippen molar-refractivity contribution in [2.24, 2.45) is 0 Å². The van der Waals surface area contributed by atoms with Crippen molar-refractivity contribution >= 4 is 28.7 Å². The van der Waals surface area contributed by atoms with E-state index >= 15 is 0 Å². The molecule has 0 spiro atoms. The van der Waals surface area contributed by atoms with Crippen LogP contribution in [0.15, 0.2) is 42.5 Å². The number of rotatable bonds is 7. The molecule has 0 atom stereocenters. The van der Waals surface area contributed by atoms with Crippen molar-refractivity contribution < 1.29 is 9.72 Å². The highest BCUT2D eigenvalue weighted by atomic mass is 16.6. The SMILES string of the molecule is CCN1CCN(c2ccc(NC(=O)c3ccc(NC4CC4)c([N+](=O)[O-])c3)cc2)CC1. The zero-order valence-corrected chi connectivity index (χ0v) is 17.1. The molecular weight excluding hydrogens is 382 g/mol. The van der Waals surface area contributed by atoms with Crippen molar-refractivity contribution in [3.05, 3.63) is 58.1 Å². The first-order valence-electron chi connectivity index (χ1n) is 10.5. The lowest BCUT2D eigenvalue weighted by Crippen LogP contribution is -2.46. The molecule has 2 fully saturated rings.